The van der Waals surface area contributed by atoms with E-state index in [1.165, 1.54) is 11.8 Å². The van der Waals surface area contributed by atoms with Crippen LogP contribution >= 0.6 is 0 Å². The van der Waals surface area contributed by atoms with Crippen LogP contribution < -0.4 is 5.32 Å². The minimum absolute atomic E-state index is 0.135. The number of hydrogen-bond donors (Lipinski definition) is 2. The minimum atomic E-state index is -0.356. The Kier molecular flexibility index (Phi) is 7.20. The van der Waals surface area contributed by atoms with Gasteiger partial charge in [0.2, 0.25) is 5.91 Å². The van der Waals surface area contributed by atoms with Gasteiger partial charge in [-0.1, -0.05) is 12.1 Å². The monoisotopic (exact) mass is 416 g/mol. The highest BCUT2D eigenvalue weighted by atomic mass is 16.5. The van der Waals surface area contributed by atoms with E-state index in [4.69, 9.17) is 4.74 Å². The quantitative estimate of drug-likeness (QED) is 0.574. The minimum Gasteiger partial charge on any atom is -0.395 e. The van der Waals surface area contributed by atoms with Crippen LogP contribution in [0.1, 0.15) is 12.5 Å². The smallest absolute Gasteiger partial charge is 0.277 e. The lowest BCUT2D eigenvalue weighted by molar-refractivity contribution is -0.137. The summed E-state index contributed by atoms with van der Waals surface area (Å²) < 4.78 is 5.34. The number of nitrogens with zero attached hydrogens (tertiary/aromatic N) is 3. The molecule has 0 spiro atoms. The van der Waals surface area contributed by atoms with Crippen LogP contribution in [-0.2, 0) is 19.1 Å². The van der Waals surface area contributed by atoms with E-state index in [1.54, 1.807) is 36.2 Å². The second-order valence-electron chi connectivity index (χ2n) is 7.34. The normalized spacial score (nSPS) is 17.6. The van der Waals surface area contributed by atoms with Crippen molar-refractivity contribution in [2.45, 2.75) is 6.92 Å². The van der Waals surface area contributed by atoms with Gasteiger partial charge in [0.15, 0.2) is 0 Å². The molecule has 0 aromatic heterocycles. The number of hydrogen-bond acceptors (Lipinski definition) is 7. The van der Waals surface area contributed by atoms with Gasteiger partial charge in [0.05, 0.1) is 25.4 Å². The summed E-state index contributed by atoms with van der Waals surface area (Å²) in [6.45, 7) is 5.26. The molecule has 1 aromatic rings. The topological polar surface area (TPSA) is 102 Å². The van der Waals surface area contributed by atoms with Crippen molar-refractivity contribution >= 4 is 29.0 Å². The average Bonchev–Trinajstić information content (AvgIpc) is 2.97. The van der Waals surface area contributed by atoms with E-state index in [0.29, 0.717) is 43.1 Å². The molecule has 2 heterocycles. The zero-order valence-corrected chi connectivity index (χ0v) is 17.4. The molecule has 2 aliphatic heterocycles. The molecule has 9 heteroatoms. The van der Waals surface area contributed by atoms with Crippen LogP contribution in [0, 0.1) is 0 Å². The van der Waals surface area contributed by atoms with Crippen molar-refractivity contribution in [1.29, 1.82) is 0 Å². The molecule has 0 atom stereocenters. The molecule has 2 aliphatic rings. The van der Waals surface area contributed by atoms with Crippen LogP contribution in [0.15, 0.2) is 30.0 Å². The van der Waals surface area contributed by atoms with Gasteiger partial charge in [0.1, 0.15) is 5.70 Å². The largest absolute Gasteiger partial charge is 0.395 e. The number of rotatable bonds is 8. The van der Waals surface area contributed by atoms with Crippen molar-refractivity contribution in [2.75, 3.05) is 64.9 Å². The lowest BCUT2D eigenvalue weighted by Crippen LogP contribution is -2.44. The van der Waals surface area contributed by atoms with Crippen LogP contribution in [-0.4, -0.2) is 97.1 Å². The fraction of sp³-hybridized carbons (Fsp3) is 0.476. The Balaban J connectivity index is 1.84. The number of anilines is 1. The maximum atomic E-state index is 13.2. The molecule has 1 saturated heterocycles. The summed E-state index contributed by atoms with van der Waals surface area (Å²) in [5.74, 6) is -0.891. The molecule has 3 amide bonds. The molecule has 1 aromatic carbocycles. The molecule has 1 fully saturated rings. The Bertz CT molecular complexity index is 830. The third-order valence-corrected chi connectivity index (χ3v) is 5.20. The van der Waals surface area contributed by atoms with Crippen LogP contribution in [0.2, 0.25) is 0 Å². The van der Waals surface area contributed by atoms with E-state index in [2.05, 4.69) is 10.2 Å². The molecule has 0 saturated carbocycles. The summed E-state index contributed by atoms with van der Waals surface area (Å²) >= 11 is 0. The summed E-state index contributed by atoms with van der Waals surface area (Å²) in [5, 5.41) is 12.0. The van der Waals surface area contributed by atoms with Crippen molar-refractivity contribution in [2.24, 2.45) is 0 Å². The van der Waals surface area contributed by atoms with Crippen molar-refractivity contribution in [3.8, 4) is 0 Å². The second-order valence-corrected chi connectivity index (χ2v) is 7.34. The first kappa shape index (κ1) is 21.9. The molecule has 30 heavy (non-hydrogen) atoms. The molecule has 0 aliphatic carbocycles. The number of benzene rings is 1. The number of aliphatic hydroxyl groups is 1. The average molecular weight is 416 g/mol. The van der Waals surface area contributed by atoms with Gasteiger partial charge in [0, 0.05) is 52.4 Å². The Morgan fingerprint density at radius 2 is 1.80 bits per heavy atom. The third kappa shape index (κ3) is 4.86. The first-order valence-corrected chi connectivity index (χ1v) is 10.0. The number of morpholine rings is 1. The summed E-state index contributed by atoms with van der Waals surface area (Å²) in [7, 11) is 1.69. The Hall–Kier alpha value is -2.75. The lowest BCUT2D eigenvalue weighted by atomic mass is 10.0. The van der Waals surface area contributed by atoms with Gasteiger partial charge >= 0.3 is 0 Å². The Morgan fingerprint density at radius 1 is 1.13 bits per heavy atom. The van der Waals surface area contributed by atoms with E-state index >= 15 is 0 Å². The highest BCUT2D eigenvalue weighted by Crippen LogP contribution is 2.31. The number of carbonyl (C=O) groups is 3. The third-order valence-electron chi connectivity index (χ3n) is 5.20. The molecular weight excluding hydrogens is 388 g/mol. The molecule has 162 valence electrons. The van der Waals surface area contributed by atoms with Crippen LogP contribution in [0.3, 0.4) is 0 Å². The van der Waals surface area contributed by atoms with E-state index < -0.39 is 0 Å². The first-order valence-electron chi connectivity index (χ1n) is 10.0. The summed E-state index contributed by atoms with van der Waals surface area (Å²) in [4.78, 5) is 42.6. The van der Waals surface area contributed by atoms with Gasteiger partial charge in [0.25, 0.3) is 11.8 Å². The number of nitrogens with one attached hydrogen (secondary N) is 1. The molecule has 0 radical (unpaired) electrons. The van der Waals surface area contributed by atoms with Crippen molar-refractivity contribution in [3.63, 3.8) is 0 Å². The summed E-state index contributed by atoms with van der Waals surface area (Å²) in [6, 6.07) is 6.82. The predicted molar refractivity (Wildman–Crippen MR) is 111 cm³/mol. The van der Waals surface area contributed by atoms with Crippen LogP contribution in [0.4, 0.5) is 5.69 Å². The highest BCUT2D eigenvalue weighted by Gasteiger charge is 2.40. The fourth-order valence-electron chi connectivity index (χ4n) is 3.63. The van der Waals surface area contributed by atoms with Gasteiger partial charge in [-0.05, 0) is 17.7 Å². The SMILES string of the molecule is CC(=O)Nc1ccc(C2=C(N(C)CCO)C(=O)N(CCN3CCOCC3)C2=O)cc1. The number of aliphatic hydroxyl groups excluding tert-OH is 1. The Labute approximate surface area is 175 Å². The molecule has 3 rings (SSSR count). The standard InChI is InChI=1S/C21H28N4O5/c1-15(27)22-17-5-3-16(4-6-17)18-19(23(2)9-12-26)21(29)25(20(18)28)8-7-24-10-13-30-14-11-24/h3-6,26H,7-14H2,1-2H3,(H,22,27). The molecule has 0 unspecified atom stereocenters. The fourth-order valence-corrected chi connectivity index (χ4v) is 3.63. The predicted octanol–water partition coefficient (Wildman–Crippen LogP) is -0.0188. The van der Waals surface area contributed by atoms with Crippen LogP contribution in [0.5, 0.6) is 0 Å². The molecule has 0 bridgehead atoms. The maximum Gasteiger partial charge on any atom is 0.277 e. The molecular formula is C21H28N4O5. The number of carbonyl (C=O) groups excluding carboxylic acids is 3. The van der Waals surface area contributed by atoms with Crippen molar-refractivity contribution in [1.82, 2.24) is 14.7 Å². The van der Waals surface area contributed by atoms with E-state index in [0.717, 1.165) is 13.1 Å². The van der Waals surface area contributed by atoms with Crippen molar-refractivity contribution < 1.29 is 24.2 Å². The van der Waals surface area contributed by atoms with Gasteiger partial charge in [-0.15, -0.1) is 0 Å². The summed E-state index contributed by atoms with van der Waals surface area (Å²) in [6.07, 6.45) is 0. The zero-order chi connectivity index (χ0) is 21.7. The second kappa shape index (κ2) is 9.84. The molecule has 2 N–H and O–H groups in total. The van der Waals surface area contributed by atoms with E-state index in [1.807, 2.05) is 0 Å². The highest BCUT2D eigenvalue weighted by molar-refractivity contribution is 6.35. The van der Waals surface area contributed by atoms with Crippen molar-refractivity contribution in [3.05, 3.63) is 35.5 Å². The van der Waals surface area contributed by atoms with E-state index in [9.17, 15) is 19.5 Å². The van der Waals surface area contributed by atoms with Gasteiger partial charge < -0.3 is 20.1 Å². The zero-order valence-electron chi connectivity index (χ0n) is 17.4. The van der Waals surface area contributed by atoms with Gasteiger partial charge in [-0.2, -0.15) is 0 Å². The molecule has 9 nitrogen and oxygen atoms in total. The van der Waals surface area contributed by atoms with E-state index in [-0.39, 0.29) is 36.6 Å². The lowest BCUT2D eigenvalue weighted by Gasteiger charge is -2.28. The first-order chi connectivity index (χ1) is 14.4. The van der Waals surface area contributed by atoms with Crippen LogP contribution in [0.25, 0.3) is 5.57 Å². The number of ether oxygens (including phenoxy) is 1. The number of likely N-dealkylation sites (N-methyl/N-ethyl adjacent to an activating group) is 1. The summed E-state index contributed by atoms with van der Waals surface area (Å²) in [5.41, 5.74) is 1.80. The maximum absolute atomic E-state index is 13.2. The number of imide groups is 1. The van der Waals surface area contributed by atoms with Gasteiger partial charge in [-0.3, -0.25) is 24.2 Å². The number of amides is 3. The Morgan fingerprint density at radius 3 is 2.40 bits per heavy atom. The van der Waals surface area contributed by atoms with Gasteiger partial charge in [-0.25, -0.2) is 0 Å².